The summed E-state index contributed by atoms with van der Waals surface area (Å²) >= 11 is 0. The van der Waals surface area contributed by atoms with E-state index in [0.29, 0.717) is 11.6 Å². The van der Waals surface area contributed by atoms with Gasteiger partial charge in [0.05, 0.1) is 19.6 Å². The van der Waals surface area contributed by atoms with Crippen molar-refractivity contribution in [3.05, 3.63) is 12.5 Å². The number of aromatic nitrogens is 4. The van der Waals surface area contributed by atoms with Crippen LogP contribution in [0, 0.1) is 0 Å². The van der Waals surface area contributed by atoms with Gasteiger partial charge in [0, 0.05) is 0 Å². The lowest BCUT2D eigenvalue weighted by Crippen LogP contribution is -2.00. The van der Waals surface area contributed by atoms with E-state index in [2.05, 4.69) is 30.3 Å². The Kier molecular flexibility index (Phi) is 1.60. The molecule has 6 nitrogen and oxygen atoms in total. The molecule has 0 fully saturated rings. The Labute approximate surface area is 68.0 Å². The molecule has 6 heteroatoms. The van der Waals surface area contributed by atoms with Crippen LogP contribution in [0.25, 0.3) is 11.2 Å². The molecule has 0 saturated carbocycles. The van der Waals surface area contributed by atoms with Crippen LogP contribution in [-0.2, 0) is 4.84 Å². The molecule has 0 saturated heterocycles. The van der Waals surface area contributed by atoms with Gasteiger partial charge in [0.25, 0.3) is 0 Å². The first-order valence-corrected chi connectivity index (χ1v) is 3.35. The predicted octanol–water partition coefficient (Wildman–Crippen LogP) is 0.326. The molecule has 0 unspecified atom stereocenters. The minimum Gasteiger partial charge on any atom is -0.329 e. The van der Waals surface area contributed by atoms with Crippen LogP contribution in [0.4, 0.5) is 5.95 Å². The molecule has 0 amide bonds. The van der Waals surface area contributed by atoms with Crippen LogP contribution in [0.3, 0.4) is 0 Å². The first kappa shape index (κ1) is 6.99. The maximum absolute atomic E-state index is 4.64. The van der Waals surface area contributed by atoms with E-state index < -0.39 is 0 Å². The van der Waals surface area contributed by atoms with Crippen molar-refractivity contribution in [1.82, 2.24) is 19.9 Å². The molecule has 0 atom stereocenters. The van der Waals surface area contributed by atoms with Gasteiger partial charge in [0.1, 0.15) is 5.52 Å². The minimum atomic E-state index is 0.411. The van der Waals surface area contributed by atoms with Crippen molar-refractivity contribution in [2.24, 2.45) is 0 Å². The fourth-order valence-electron chi connectivity index (χ4n) is 0.880. The zero-order valence-corrected chi connectivity index (χ0v) is 6.40. The highest BCUT2D eigenvalue weighted by molar-refractivity contribution is 5.69. The molecule has 0 aromatic carbocycles. The fraction of sp³-hybridized carbons (Fsp3) is 0.167. The van der Waals surface area contributed by atoms with Crippen molar-refractivity contribution in [3.63, 3.8) is 0 Å². The van der Waals surface area contributed by atoms with Gasteiger partial charge in [0.15, 0.2) is 5.65 Å². The molecule has 2 heterocycles. The van der Waals surface area contributed by atoms with E-state index >= 15 is 0 Å². The lowest BCUT2D eigenvalue weighted by Gasteiger charge is -1.98. The third kappa shape index (κ3) is 1.08. The number of imidazole rings is 1. The van der Waals surface area contributed by atoms with E-state index in [1.807, 2.05) is 0 Å². The summed E-state index contributed by atoms with van der Waals surface area (Å²) in [6.07, 6.45) is 3.18. The van der Waals surface area contributed by atoms with Crippen molar-refractivity contribution in [2.75, 3.05) is 12.6 Å². The average Bonchev–Trinajstić information content (AvgIpc) is 2.51. The van der Waals surface area contributed by atoms with E-state index in [4.69, 9.17) is 0 Å². The SMILES string of the molecule is CONc1ncc2nc[nH]c2n1. The van der Waals surface area contributed by atoms with Gasteiger partial charge in [0.2, 0.25) is 5.95 Å². The highest BCUT2D eigenvalue weighted by Crippen LogP contribution is 2.06. The van der Waals surface area contributed by atoms with Crippen LogP contribution < -0.4 is 5.48 Å². The van der Waals surface area contributed by atoms with E-state index in [1.165, 1.54) is 7.11 Å². The Morgan fingerprint density at radius 3 is 3.25 bits per heavy atom. The van der Waals surface area contributed by atoms with Crippen molar-refractivity contribution >= 4 is 17.1 Å². The summed E-state index contributed by atoms with van der Waals surface area (Å²) in [5, 5.41) is 0. The minimum absolute atomic E-state index is 0.411. The summed E-state index contributed by atoms with van der Waals surface area (Å²) in [7, 11) is 1.50. The van der Waals surface area contributed by atoms with Crippen molar-refractivity contribution in [3.8, 4) is 0 Å². The maximum atomic E-state index is 4.64. The highest BCUT2D eigenvalue weighted by atomic mass is 16.6. The summed E-state index contributed by atoms with van der Waals surface area (Å²) in [4.78, 5) is 19.5. The molecule has 0 bridgehead atoms. The Morgan fingerprint density at radius 2 is 2.42 bits per heavy atom. The van der Waals surface area contributed by atoms with Gasteiger partial charge in [-0.05, 0) is 0 Å². The van der Waals surface area contributed by atoms with Gasteiger partial charge in [-0.2, -0.15) is 4.98 Å². The first-order valence-electron chi connectivity index (χ1n) is 3.35. The molecule has 2 aromatic rings. The van der Waals surface area contributed by atoms with Crippen LogP contribution in [0.1, 0.15) is 0 Å². The number of rotatable bonds is 2. The van der Waals surface area contributed by atoms with E-state index in [-0.39, 0.29) is 0 Å². The summed E-state index contributed by atoms with van der Waals surface area (Å²) in [5.74, 6) is 0.411. The Morgan fingerprint density at radius 1 is 1.50 bits per heavy atom. The normalized spacial score (nSPS) is 10.4. The Balaban J connectivity index is 2.46. The summed E-state index contributed by atoms with van der Waals surface area (Å²) < 4.78 is 0. The molecule has 2 aromatic heterocycles. The number of hydrogen-bond acceptors (Lipinski definition) is 5. The number of aromatic amines is 1. The molecule has 0 spiro atoms. The summed E-state index contributed by atoms with van der Waals surface area (Å²) in [6.45, 7) is 0. The Bertz CT molecular complexity index is 384. The second kappa shape index (κ2) is 2.74. The van der Waals surface area contributed by atoms with E-state index in [0.717, 1.165) is 5.52 Å². The molecule has 0 aliphatic rings. The Hall–Kier alpha value is -1.69. The fourth-order valence-corrected chi connectivity index (χ4v) is 0.880. The molecule has 62 valence electrons. The topological polar surface area (TPSA) is 75.7 Å². The van der Waals surface area contributed by atoms with Crippen molar-refractivity contribution in [2.45, 2.75) is 0 Å². The average molecular weight is 165 g/mol. The van der Waals surface area contributed by atoms with E-state index in [1.54, 1.807) is 12.5 Å². The smallest absolute Gasteiger partial charge is 0.249 e. The number of fused-ring (bicyclic) bond motifs is 1. The quantitative estimate of drug-likeness (QED) is 0.627. The molecule has 2 rings (SSSR count). The number of nitrogens with zero attached hydrogens (tertiary/aromatic N) is 3. The number of nitrogens with one attached hydrogen (secondary N) is 2. The van der Waals surface area contributed by atoms with Crippen LogP contribution >= 0.6 is 0 Å². The number of anilines is 1. The monoisotopic (exact) mass is 165 g/mol. The van der Waals surface area contributed by atoms with Crippen LogP contribution in [0.5, 0.6) is 0 Å². The summed E-state index contributed by atoms with van der Waals surface area (Å²) in [5.41, 5.74) is 3.94. The third-order valence-electron chi connectivity index (χ3n) is 1.37. The number of H-pyrrole nitrogens is 1. The predicted molar refractivity (Wildman–Crippen MR) is 42.3 cm³/mol. The summed E-state index contributed by atoms with van der Waals surface area (Å²) in [6, 6.07) is 0. The van der Waals surface area contributed by atoms with Gasteiger partial charge >= 0.3 is 0 Å². The molecule has 12 heavy (non-hydrogen) atoms. The second-order valence-corrected chi connectivity index (χ2v) is 2.14. The van der Waals surface area contributed by atoms with Gasteiger partial charge < -0.3 is 4.98 Å². The van der Waals surface area contributed by atoms with Crippen molar-refractivity contribution in [1.29, 1.82) is 0 Å². The molecule has 0 aliphatic carbocycles. The maximum Gasteiger partial charge on any atom is 0.249 e. The van der Waals surface area contributed by atoms with Gasteiger partial charge in [-0.3, -0.25) is 4.84 Å². The number of hydrogen-bond donors (Lipinski definition) is 2. The zero-order chi connectivity index (χ0) is 8.39. The van der Waals surface area contributed by atoms with Gasteiger partial charge in [-0.1, -0.05) is 0 Å². The molecular formula is C6H7N5O. The highest BCUT2D eigenvalue weighted by Gasteiger charge is 1.99. The van der Waals surface area contributed by atoms with Crippen LogP contribution in [0.15, 0.2) is 12.5 Å². The van der Waals surface area contributed by atoms with Crippen molar-refractivity contribution < 1.29 is 4.84 Å². The second-order valence-electron chi connectivity index (χ2n) is 2.14. The molecule has 0 aliphatic heterocycles. The zero-order valence-electron chi connectivity index (χ0n) is 6.40. The standard InChI is InChI=1S/C6H7N5O/c1-12-11-6-7-2-4-5(10-6)9-3-8-4/h2-3H,1H3,(H2,7,8,9,10,11). The van der Waals surface area contributed by atoms with E-state index in [9.17, 15) is 0 Å². The first-order chi connectivity index (χ1) is 5.90. The molecular weight excluding hydrogens is 158 g/mol. The largest absolute Gasteiger partial charge is 0.329 e. The lowest BCUT2D eigenvalue weighted by molar-refractivity contribution is 0.267. The molecule has 2 N–H and O–H groups in total. The third-order valence-corrected chi connectivity index (χ3v) is 1.37. The van der Waals surface area contributed by atoms with Gasteiger partial charge in [-0.15, -0.1) is 0 Å². The van der Waals surface area contributed by atoms with Gasteiger partial charge in [-0.25, -0.2) is 15.4 Å². The van der Waals surface area contributed by atoms with Crippen LogP contribution in [0.2, 0.25) is 0 Å². The lowest BCUT2D eigenvalue weighted by atomic mass is 10.6. The van der Waals surface area contributed by atoms with Crippen LogP contribution in [-0.4, -0.2) is 27.0 Å². The molecule has 0 radical (unpaired) electrons.